The van der Waals surface area contributed by atoms with Gasteiger partial charge in [0.1, 0.15) is 13.2 Å². The maximum absolute atomic E-state index is 12.8. The number of carbonyl (C=O) groups excluding carboxylic acids is 1. The van der Waals surface area contributed by atoms with Crippen LogP contribution in [0.15, 0.2) is 134 Å². The Bertz CT molecular complexity index is 1540. The molecule has 0 radical (unpaired) electrons. The van der Waals surface area contributed by atoms with E-state index in [2.05, 4.69) is 141 Å². The first-order chi connectivity index (χ1) is 32.5. The molecular formula is C58H97N2O6P. The van der Waals surface area contributed by atoms with E-state index in [0.717, 1.165) is 122 Å². The molecule has 9 heteroatoms. The van der Waals surface area contributed by atoms with Crippen LogP contribution in [0.2, 0.25) is 0 Å². The Kier molecular flexibility index (Phi) is 45.3. The molecule has 0 saturated heterocycles. The molecule has 0 aromatic rings. The van der Waals surface area contributed by atoms with Crippen molar-refractivity contribution in [3.05, 3.63) is 134 Å². The number of amides is 1. The van der Waals surface area contributed by atoms with Crippen LogP contribution in [0.3, 0.4) is 0 Å². The second-order valence-corrected chi connectivity index (χ2v) is 19.6. The molecule has 1 amide bonds. The molecule has 0 saturated carbocycles. The highest BCUT2D eigenvalue weighted by Crippen LogP contribution is 2.38. The molecule has 0 aromatic heterocycles. The number of allylic oxidation sites excluding steroid dienone is 21. The van der Waals surface area contributed by atoms with Gasteiger partial charge in [-0.2, -0.15) is 0 Å². The maximum atomic E-state index is 12.8. The fourth-order valence-electron chi connectivity index (χ4n) is 6.53. The molecule has 380 valence electrons. The highest BCUT2D eigenvalue weighted by Gasteiger charge is 2.23. The zero-order valence-electron chi connectivity index (χ0n) is 43.0. The molecular weight excluding hydrogens is 852 g/mol. The smallest absolute Gasteiger partial charge is 0.268 e. The van der Waals surface area contributed by atoms with E-state index < -0.39 is 26.6 Å². The Labute approximate surface area is 411 Å². The summed E-state index contributed by atoms with van der Waals surface area (Å²) in [6, 6.07) is -0.896. The summed E-state index contributed by atoms with van der Waals surface area (Å²) in [7, 11) is 1.23. The van der Waals surface area contributed by atoms with Gasteiger partial charge in [-0.15, -0.1) is 0 Å². The Morgan fingerprint density at radius 1 is 0.537 bits per heavy atom. The van der Waals surface area contributed by atoms with Crippen molar-refractivity contribution in [2.24, 2.45) is 0 Å². The summed E-state index contributed by atoms with van der Waals surface area (Å²) in [6.07, 6.45) is 72.8. The van der Waals surface area contributed by atoms with Crippen molar-refractivity contribution in [1.82, 2.24) is 5.32 Å². The van der Waals surface area contributed by atoms with Crippen LogP contribution in [0.5, 0.6) is 0 Å². The highest BCUT2D eigenvalue weighted by atomic mass is 31.2. The van der Waals surface area contributed by atoms with Crippen molar-refractivity contribution in [2.45, 2.75) is 187 Å². The zero-order valence-corrected chi connectivity index (χ0v) is 43.9. The highest BCUT2D eigenvalue weighted by molar-refractivity contribution is 7.45. The van der Waals surface area contributed by atoms with Crippen LogP contribution in [0.1, 0.15) is 174 Å². The van der Waals surface area contributed by atoms with Crippen LogP contribution in [-0.2, 0) is 18.4 Å². The van der Waals surface area contributed by atoms with Gasteiger partial charge in [0.25, 0.3) is 7.82 Å². The van der Waals surface area contributed by atoms with E-state index in [1.165, 1.54) is 32.1 Å². The second kappa shape index (κ2) is 47.7. The standard InChI is InChI=1S/C58H97N2O6P/c1-6-8-10-12-14-15-16-17-18-19-20-21-22-23-24-25-26-27-28-29-30-31-32-33-34-35-36-37-38-39-40-41-42-43-44-45-46-48-50-52-58(62)59-56(57(61)51-49-47-13-11-9-7-2)55-66-67(63,64)65-54-53-60(3,4)5/h8,10,14-15,17-18,20-21,23-24,26-27,29-30,32-33,35-36,38-39,49,51,56-57,61H,6-7,9,11-13,16,19,22,25,28,31,34,37,40-48,50,52-55H2,1-5H3,(H-,59,62,63,64)/b10-8-,15-14-,18-17-,21-20-,24-23-,27-26-,30-29-,33-32-,36-35-,39-38-,51-49+. The lowest BCUT2D eigenvalue weighted by Gasteiger charge is -2.29. The number of hydrogen-bond donors (Lipinski definition) is 2. The van der Waals surface area contributed by atoms with Crippen molar-refractivity contribution in [2.75, 3.05) is 40.9 Å². The monoisotopic (exact) mass is 949 g/mol. The maximum Gasteiger partial charge on any atom is 0.268 e. The summed E-state index contributed by atoms with van der Waals surface area (Å²) < 4.78 is 23.1. The number of unbranched alkanes of at least 4 members (excludes halogenated alkanes) is 12. The number of aliphatic hydroxyl groups is 1. The van der Waals surface area contributed by atoms with Gasteiger partial charge in [0.15, 0.2) is 0 Å². The average Bonchev–Trinajstić information content (AvgIpc) is 3.29. The van der Waals surface area contributed by atoms with E-state index in [1.807, 2.05) is 27.2 Å². The van der Waals surface area contributed by atoms with E-state index in [1.54, 1.807) is 6.08 Å². The minimum atomic E-state index is -4.59. The molecule has 3 atom stereocenters. The fourth-order valence-corrected chi connectivity index (χ4v) is 7.25. The summed E-state index contributed by atoms with van der Waals surface area (Å²) in [6.45, 7) is 4.41. The molecule has 67 heavy (non-hydrogen) atoms. The molecule has 0 aliphatic rings. The number of phosphoric acid groups is 1. The third-order valence-electron chi connectivity index (χ3n) is 10.6. The minimum Gasteiger partial charge on any atom is -0.756 e. The number of aliphatic hydroxyl groups excluding tert-OH is 1. The first-order valence-corrected chi connectivity index (χ1v) is 27.5. The van der Waals surface area contributed by atoms with Crippen LogP contribution in [-0.4, -0.2) is 68.5 Å². The van der Waals surface area contributed by atoms with Crippen molar-refractivity contribution < 1.29 is 32.9 Å². The van der Waals surface area contributed by atoms with Crippen LogP contribution >= 0.6 is 7.82 Å². The molecule has 3 unspecified atom stereocenters. The Hall–Kier alpha value is -3.36. The number of nitrogens with zero attached hydrogens (tertiary/aromatic N) is 1. The van der Waals surface area contributed by atoms with Crippen molar-refractivity contribution in [1.29, 1.82) is 0 Å². The number of likely N-dealkylation sites (N-methyl/N-ethyl adjacent to an activating group) is 1. The number of quaternary nitrogens is 1. The average molecular weight is 949 g/mol. The third-order valence-corrected chi connectivity index (χ3v) is 11.6. The lowest BCUT2D eigenvalue weighted by molar-refractivity contribution is -0.870. The number of hydrogen-bond acceptors (Lipinski definition) is 6. The van der Waals surface area contributed by atoms with Gasteiger partial charge >= 0.3 is 0 Å². The van der Waals surface area contributed by atoms with Gasteiger partial charge in [-0.25, -0.2) is 0 Å². The first kappa shape index (κ1) is 63.6. The van der Waals surface area contributed by atoms with Gasteiger partial charge in [0.2, 0.25) is 5.91 Å². The molecule has 0 heterocycles. The molecule has 2 N–H and O–H groups in total. The normalized spacial score (nSPS) is 15.1. The summed E-state index contributed by atoms with van der Waals surface area (Å²) in [5.41, 5.74) is 0. The van der Waals surface area contributed by atoms with Crippen LogP contribution < -0.4 is 10.2 Å². The fraction of sp³-hybridized carbons (Fsp3) is 0.603. The van der Waals surface area contributed by atoms with Gasteiger partial charge in [-0.1, -0.05) is 205 Å². The van der Waals surface area contributed by atoms with Crippen LogP contribution in [0, 0.1) is 0 Å². The second-order valence-electron chi connectivity index (χ2n) is 18.1. The largest absolute Gasteiger partial charge is 0.756 e. The van der Waals surface area contributed by atoms with Crippen LogP contribution in [0.4, 0.5) is 0 Å². The van der Waals surface area contributed by atoms with Gasteiger partial charge in [-0.05, 0) is 96.3 Å². The number of nitrogens with one attached hydrogen (secondary N) is 1. The molecule has 8 nitrogen and oxygen atoms in total. The topological polar surface area (TPSA) is 108 Å². The predicted molar refractivity (Wildman–Crippen MR) is 288 cm³/mol. The molecule has 0 fully saturated rings. The van der Waals surface area contributed by atoms with Crippen molar-refractivity contribution in [3.8, 4) is 0 Å². The van der Waals surface area contributed by atoms with Crippen LogP contribution in [0.25, 0.3) is 0 Å². The summed E-state index contributed by atoms with van der Waals surface area (Å²) in [5.74, 6) is -0.219. The molecule has 0 spiro atoms. The minimum absolute atomic E-state index is 0.0102. The molecule has 0 bridgehead atoms. The predicted octanol–water partition coefficient (Wildman–Crippen LogP) is 15.0. The number of rotatable bonds is 45. The molecule has 0 aliphatic heterocycles. The molecule has 0 rings (SSSR count). The molecule has 0 aromatic carbocycles. The zero-order chi connectivity index (χ0) is 49.2. The van der Waals surface area contributed by atoms with Gasteiger partial charge in [-0.3, -0.25) is 9.36 Å². The summed E-state index contributed by atoms with van der Waals surface area (Å²) in [4.78, 5) is 25.2. The Morgan fingerprint density at radius 3 is 1.33 bits per heavy atom. The number of carbonyl (C=O) groups is 1. The Morgan fingerprint density at radius 2 is 0.910 bits per heavy atom. The number of phosphoric ester groups is 1. The van der Waals surface area contributed by atoms with E-state index in [9.17, 15) is 19.4 Å². The third kappa shape index (κ3) is 50.3. The SMILES string of the molecule is CC/C=C\C/C=C\C/C=C\C/C=C\C/C=C\C/C=C\C/C=C\C/C=C\C/C=C\C/C=C\CCCCCCCCCCC(=O)NC(COP(=O)([O-])OCC[N+](C)(C)C)C(O)/C=C/CCCCCC. The lowest BCUT2D eigenvalue weighted by Crippen LogP contribution is -2.45. The lowest BCUT2D eigenvalue weighted by atomic mass is 10.1. The van der Waals surface area contributed by atoms with Crippen molar-refractivity contribution in [3.63, 3.8) is 0 Å². The van der Waals surface area contributed by atoms with Gasteiger partial charge in [0.05, 0.1) is 39.9 Å². The van der Waals surface area contributed by atoms with Gasteiger partial charge in [0, 0.05) is 6.42 Å². The van der Waals surface area contributed by atoms with Crippen molar-refractivity contribution >= 4 is 13.7 Å². The summed E-state index contributed by atoms with van der Waals surface area (Å²) in [5, 5.41) is 13.6. The first-order valence-electron chi connectivity index (χ1n) is 26.0. The quantitative estimate of drug-likeness (QED) is 0.0272. The molecule has 0 aliphatic carbocycles. The van der Waals surface area contributed by atoms with E-state index in [0.29, 0.717) is 17.4 Å². The van der Waals surface area contributed by atoms with E-state index in [-0.39, 0.29) is 12.5 Å². The van der Waals surface area contributed by atoms with E-state index >= 15 is 0 Å². The van der Waals surface area contributed by atoms with Gasteiger partial charge < -0.3 is 28.8 Å². The Balaban J connectivity index is 4.00. The summed E-state index contributed by atoms with van der Waals surface area (Å²) >= 11 is 0. The van der Waals surface area contributed by atoms with E-state index in [4.69, 9.17) is 9.05 Å².